The van der Waals surface area contributed by atoms with Crippen molar-refractivity contribution in [2.75, 3.05) is 13.7 Å². The first-order valence-corrected chi connectivity index (χ1v) is 9.83. The van der Waals surface area contributed by atoms with E-state index in [4.69, 9.17) is 9.15 Å². The third-order valence-corrected chi connectivity index (χ3v) is 4.83. The Hall–Kier alpha value is -3.75. The van der Waals surface area contributed by atoms with Crippen molar-refractivity contribution in [3.05, 3.63) is 70.0 Å². The summed E-state index contributed by atoms with van der Waals surface area (Å²) in [6.07, 6.45) is 4.15. The van der Waals surface area contributed by atoms with Gasteiger partial charge < -0.3 is 24.7 Å². The third kappa shape index (κ3) is 5.44. The number of phenolic OH excluding ortho intramolecular Hbond substituents is 1. The van der Waals surface area contributed by atoms with Gasteiger partial charge in [-0.15, -0.1) is 0 Å². The third-order valence-electron chi connectivity index (χ3n) is 4.83. The van der Waals surface area contributed by atoms with Crippen molar-refractivity contribution < 1.29 is 24.2 Å². The molecule has 1 aromatic carbocycles. The summed E-state index contributed by atoms with van der Waals surface area (Å²) in [7, 11) is 1.41. The molecule has 0 aliphatic heterocycles. The number of carbonyl (C=O) groups is 1. The molecule has 0 aliphatic carbocycles. The molecule has 0 spiro atoms. The molecule has 2 heterocycles. The van der Waals surface area contributed by atoms with Crippen LogP contribution in [0.5, 0.6) is 17.2 Å². The number of nitrogens with one attached hydrogen (secondary N) is 1. The summed E-state index contributed by atoms with van der Waals surface area (Å²) in [5.41, 5.74) is -0.0421. The largest absolute Gasteiger partial charge is 0.504 e. The van der Waals surface area contributed by atoms with E-state index in [1.165, 1.54) is 19.2 Å². The maximum Gasteiger partial charge on any atom is 0.227 e. The molecular formula is C22H25N3O6. The first-order valence-electron chi connectivity index (χ1n) is 9.83. The minimum Gasteiger partial charge on any atom is -0.504 e. The molecule has 0 aliphatic rings. The molecular weight excluding hydrogens is 402 g/mol. The number of rotatable bonds is 9. The van der Waals surface area contributed by atoms with Crippen molar-refractivity contribution in [1.29, 1.82) is 0 Å². The van der Waals surface area contributed by atoms with Gasteiger partial charge in [0.2, 0.25) is 17.1 Å². The van der Waals surface area contributed by atoms with Crippen LogP contribution in [0.15, 0.2) is 51.9 Å². The molecule has 3 rings (SSSR count). The smallest absolute Gasteiger partial charge is 0.227 e. The highest BCUT2D eigenvalue weighted by Crippen LogP contribution is 2.37. The summed E-state index contributed by atoms with van der Waals surface area (Å²) in [4.78, 5) is 24.7. The highest BCUT2D eigenvalue weighted by atomic mass is 16.5. The second-order valence-corrected chi connectivity index (χ2v) is 7.09. The van der Waals surface area contributed by atoms with Crippen LogP contribution in [0.4, 0.5) is 0 Å². The Labute approximate surface area is 178 Å². The van der Waals surface area contributed by atoms with Crippen LogP contribution in [0.2, 0.25) is 0 Å². The van der Waals surface area contributed by atoms with E-state index in [0.29, 0.717) is 30.8 Å². The van der Waals surface area contributed by atoms with Crippen molar-refractivity contribution in [3.8, 4) is 17.2 Å². The highest BCUT2D eigenvalue weighted by molar-refractivity contribution is 5.77. The Kier molecular flexibility index (Phi) is 6.96. The van der Waals surface area contributed by atoms with Gasteiger partial charge in [0.15, 0.2) is 17.3 Å². The van der Waals surface area contributed by atoms with Gasteiger partial charge in [-0.05, 0) is 37.1 Å². The van der Waals surface area contributed by atoms with Crippen LogP contribution in [-0.2, 0) is 11.3 Å². The summed E-state index contributed by atoms with van der Waals surface area (Å²) < 4.78 is 12.6. The zero-order valence-corrected chi connectivity index (χ0v) is 17.4. The number of hydrogen-bond acceptors (Lipinski definition) is 7. The molecule has 0 fully saturated rings. The Morgan fingerprint density at radius 1 is 1.32 bits per heavy atom. The number of aromatic hydroxyl groups is 2. The maximum atomic E-state index is 12.6. The lowest BCUT2D eigenvalue weighted by Crippen LogP contribution is -2.27. The number of phenols is 1. The fraction of sp³-hybridized carbons (Fsp3) is 0.318. The number of aromatic nitrogens is 2. The molecule has 0 unspecified atom stereocenters. The monoisotopic (exact) mass is 427 g/mol. The van der Waals surface area contributed by atoms with Crippen LogP contribution in [-0.4, -0.2) is 39.6 Å². The lowest BCUT2D eigenvalue weighted by molar-refractivity contribution is -0.121. The van der Waals surface area contributed by atoms with Gasteiger partial charge in [-0.3, -0.25) is 14.3 Å². The molecule has 1 amide bonds. The van der Waals surface area contributed by atoms with E-state index in [-0.39, 0.29) is 29.6 Å². The minimum atomic E-state index is -0.756. The van der Waals surface area contributed by atoms with Crippen LogP contribution in [0, 0.1) is 6.92 Å². The number of amides is 1. The van der Waals surface area contributed by atoms with E-state index >= 15 is 0 Å². The summed E-state index contributed by atoms with van der Waals surface area (Å²) in [5, 5.41) is 27.2. The number of carbonyl (C=O) groups excluding carboxylic acids is 1. The maximum absolute atomic E-state index is 12.6. The molecule has 31 heavy (non-hydrogen) atoms. The molecule has 0 radical (unpaired) electrons. The van der Waals surface area contributed by atoms with Crippen molar-refractivity contribution in [2.45, 2.75) is 32.2 Å². The van der Waals surface area contributed by atoms with Crippen molar-refractivity contribution >= 4 is 5.91 Å². The van der Waals surface area contributed by atoms with Crippen molar-refractivity contribution in [2.24, 2.45) is 0 Å². The molecule has 3 aromatic rings. The van der Waals surface area contributed by atoms with Gasteiger partial charge in [-0.25, -0.2) is 0 Å². The zero-order chi connectivity index (χ0) is 22.4. The second-order valence-electron chi connectivity index (χ2n) is 7.09. The van der Waals surface area contributed by atoms with E-state index in [1.807, 2.05) is 12.3 Å². The molecule has 1 atom stereocenters. The van der Waals surface area contributed by atoms with Gasteiger partial charge in [0.05, 0.1) is 13.0 Å². The highest BCUT2D eigenvalue weighted by Gasteiger charge is 2.26. The normalized spacial score (nSPS) is 11.8. The standard InChI is InChI=1S/C22H25N3O6/c1-14-11-18(27)21(29)22(31-14)16(15-5-6-17(26)19(12-15)30-2)13-20(28)23-7-3-9-25-10-4-8-24-25/h4-6,8,10-12,16,26,29H,3,7,9,13H2,1-2H3,(H,23,28)/t16-/m1/s1. The molecule has 0 bridgehead atoms. The van der Waals surface area contributed by atoms with E-state index in [2.05, 4.69) is 10.4 Å². The number of aryl methyl sites for hydroxylation is 2. The molecule has 0 saturated carbocycles. The quantitative estimate of drug-likeness (QED) is 0.447. The molecule has 2 aromatic heterocycles. The van der Waals surface area contributed by atoms with Crippen molar-refractivity contribution in [3.63, 3.8) is 0 Å². The van der Waals surface area contributed by atoms with Gasteiger partial charge in [-0.2, -0.15) is 5.10 Å². The molecule has 9 heteroatoms. The predicted molar refractivity (Wildman–Crippen MR) is 112 cm³/mol. The van der Waals surface area contributed by atoms with Crippen LogP contribution in [0.1, 0.15) is 35.8 Å². The van der Waals surface area contributed by atoms with Gasteiger partial charge in [0, 0.05) is 38.0 Å². The fourth-order valence-electron chi connectivity index (χ4n) is 3.29. The minimum absolute atomic E-state index is 0.00978. The number of benzene rings is 1. The molecule has 164 valence electrons. The Morgan fingerprint density at radius 2 is 2.13 bits per heavy atom. The van der Waals surface area contributed by atoms with Crippen LogP contribution < -0.4 is 15.5 Å². The first-order chi connectivity index (χ1) is 14.9. The summed E-state index contributed by atoms with van der Waals surface area (Å²) >= 11 is 0. The predicted octanol–water partition coefficient (Wildman–Crippen LogP) is 2.29. The van der Waals surface area contributed by atoms with Crippen LogP contribution >= 0.6 is 0 Å². The topological polar surface area (TPSA) is 127 Å². The number of ether oxygens (including phenoxy) is 1. The van der Waals surface area contributed by atoms with Gasteiger partial charge in [0.25, 0.3) is 0 Å². The van der Waals surface area contributed by atoms with Gasteiger partial charge in [-0.1, -0.05) is 6.07 Å². The number of methoxy groups -OCH3 is 1. The average molecular weight is 427 g/mol. The second kappa shape index (κ2) is 9.84. The summed E-state index contributed by atoms with van der Waals surface area (Å²) in [6, 6.07) is 7.58. The summed E-state index contributed by atoms with van der Waals surface area (Å²) in [5.74, 6) is -1.14. The molecule has 9 nitrogen and oxygen atoms in total. The zero-order valence-electron chi connectivity index (χ0n) is 17.4. The Bertz CT molecular complexity index is 1090. The van der Waals surface area contributed by atoms with E-state index in [9.17, 15) is 19.8 Å². The first kappa shape index (κ1) is 21.9. The number of hydrogen-bond donors (Lipinski definition) is 3. The van der Waals surface area contributed by atoms with E-state index in [1.54, 1.807) is 29.9 Å². The Morgan fingerprint density at radius 3 is 2.84 bits per heavy atom. The van der Waals surface area contributed by atoms with Crippen LogP contribution in [0.25, 0.3) is 0 Å². The lowest BCUT2D eigenvalue weighted by atomic mass is 9.91. The van der Waals surface area contributed by atoms with E-state index in [0.717, 1.165) is 0 Å². The van der Waals surface area contributed by atoms with Crippen molar-refractivity contribution in [1.82, 2.24) is 15.1 Å². The van der Waals surface area contributed by atoms with E-state index < -0.39 is 17.1 Å². The fourth-order valence-corrected chi connectivity index (χ4v) is 3.29. The SMILES string of the molecule is COc1cc([C@@H](CC(=O)NCCCn2cccn2)c2oc(C)cc(=O)c2O)ccc1O. The van der Waals surface area contributed by atoms with Crippen LogP contribution in [0.3, 0.4) is 0 Å². The lowest BCUT2D eigenvalue weighted by Gasteiger charge is -2.19. The molecule has 0 saturated heterocycles. The average Bonchev–Trinajstić information content (AvgIpc) is 3.26. The molecule has 3 N–H and O–H groups in total. The number of nitrogens with zero attached hydrogens (tertiary/aromatic N) is 2. The summed E-state index contributed by atoms with van der Waals surface area (Å²) in [6.45, 7) is 2.70. The van der Waals surface area contributed by atoms with Gasteiger partial charge >= 0.3 is 0 Å². The van der Waals surface area contributed by atoms with Gasteiger partial charge in [0.1, 0.15) is 5.76 Å². The Balaban J connectivity index is 1.81.